The molecule has 0 saturated carbocycles. The largest absolute Gasteiger partial charge is 0.307 e. The molecule has 5 heteroatoms. The van der Waals surface area contributed by atoms with E-state index in [1.165, 1.54) is 0 Å². The molecule has 2 aromatic rings. The van der Waals surface area contributed by atoms with Crippen molar-refractivity contribution < 1.29 is 0 Å². The first-order chi connectivity index (χ1) is 8.26. The number of nitriles is 1. The van der Waals surface area contributed by atoms with Crippen molar-refractivity contribution in [2.24, 2.45) is 5.84 Å². The number of nitrogens with zero attached hydrogens (tertiary/aromatic N) is 2. The van der Waals surface area contributed by atoms with Crippen LogP contribution in [0.1, 0.15) is 5.56 Å². The van der Waals surface area contributed by atoms with Crippen LogP contribution in [-0.2, 0) is 0 Å². The summed E-state index contributed by atoms with van der Waals surface area (Å²) in [5.74, 6) is 5.71. The third kappa shape index (κ3) is 2.28. The molecule has 2 rings (SSSR count). The van der Waals surface area contributed by atoms with E-state index in [-0.39, 0.29) is 0 Å². The summed E-state index contributed by atoms with van der Waals surface area (Å²) < 4.78 is 0.945. The molecule has 3 N–H and O–H groups in total. The van der Waals surface area contributed by atoms with Crippen LogP contribution in [0.15, 0.2) is 40.9 Å². The lowest BCUT2D eigenvalue weighted by molar-refractivity contribution is 1.21. The van der Waals surface area contributed by atoms with Gasteiger partial charge in [-0.1, -0.05) is 34.1 Å². The minimum absolute atomic E-state index is 0.376. The Morgan fingerprint density at radius 2 is 2.00 bits per heavy atom. The maximum atomic E-state index is 8.87. The van der Waals surface area contributed by atoms with Crippen LogP contribution < -0.4 is 11.3 Å². The van der Waals surface area contributed by atoms with Crippen molar-refractivity contribution in [3.8, 4) is 17.3 Å². The smallest absolute Gasteiger partial charge is 0.158 e. The predicted octanol–water partition coefficient (Wildman–Crippen LogP) is 2.67. The number of hydrogen-bond acceptors (Lipinski definition) is 4. The van der Waals surface area contributed by atoms with E-state index in [1.54, 1.807) is 12.1 Å². The van der Waals surface area contributed by atoms with Gasteiger partial charge in [-0.2, -0.15) is 5.26 Å². The quantitative estimate of drug-likeness (QED) is 0.658. The molecular weight excluding hydrogens is 280 g/mol. The summed E-state index contributed by atoms with van der Waals surface area (Å²) in [6, 6.07) is 13.2. The van der Waals surface area contributed by atoms with Crippen molar-refractivity contribution in [2.75, 3.05) is 5.43 Å². The molecule has 0 unspecified atom stereocenters. The molecule has 0 aliphatic carbocycles. The van der Waals surface area contributed by atoms with Gasteiger partial charge in [-0.05, 0) is 18.2 Å². The van der Waals surface area contributed by atoms with Crippen molar-refractivity contribution in [3.63, 3.8) is 0 Å². The highest BCUT2D eigenvalue weighted by atomic mass is 79.9. The number of pyridine rings is 1. The maximum Gasteiger partial charge on any atom is 0.158 e. The van der Waals surface area contributed by atoms with Gasteiger partial charge in [0.05, 0.1) is 11.3 Å². The minimum atomic E-state index is 0.376. The highest BCUT2D eigenvalue weighted by molar-refractivity contribution is 9.10. The number of hydrazine groups is 1. The van der Waals surface area contributed by atoms with E-state index >= 15 is 0 Å². The molecule has 1 heterocycles. The number of nitrogens with two attached hydrogens (primary N) is 1. The molecule has 4 nitrogen and oxygen atoms in total. The third-order valence-corrected chi connectivity index (χ3v) is 2.99. The van der Waals surface area contributed by atoms with Crippen LogP contribution in [0.25, 0.3) is 11.3 Å². The topological polar surface area (TPSA) is 74.7 Å². The Morgan fingerprint density at radius 1 is 1.24 bits per heavy atom. The Kier molecular flexibility index (Phi) is 3.38. The monoisotopic (exact) mass is 288 g/mol. The van der Waals surface area contributed by atoms with Crippen molar-refractivity contribution in [2.45, 2.75) is 0 Å². The SMILES string of the molecule is N#Cc1ccc(-c2ccccc2Br)nc1NN. The van der Waals surface area contributed by atoms with Crippen LogP contribution in [0.3, 0.4) is 0 Å². The van der Waals surface area contributed by atoms with Gasteiger partial charge in [0, 0.05) is 10.0 Å². The van der Waals surface area contributed by atoms with Gasteiger partial charge < -0.3 is 5.43 Å². The Labute approximate surface area is 107 Å². The summed E-state index contributed by atoms with van der Waals surface area (Å²) >= 11 is 3.46. The van der Waals surface area contributed by atoms with E-state index in [2.05, 4.69) is 26.3 Å². The molecule has 0 amide bonds. The summed E-state index contributed by atoms with van der Waals surface area (Å²) in [6.07, 6.45) is 0. The molecule has 0 aliphatic rings. The summed E-state index contributed by atoms with van der Waals surface area (Å²) in [4.78, 5) is 4.30. The lowest BCUT2D eigenvalue weighted by atomic mass is 10.1. The second-order valence-electron chi connectivity index (χ2n) is 3.33. The van der Waals surface area contributed by atoms with Gasteiger partial charge in [-0.25, -0.2) is 10.8 Å². The van der Waals surface area contributed by atoms with Crippen molar-refractivity contribution in [1.82, 2.24) is 4.98 Å². The van der Waals surface area contributed by atoms with Crippen LogP contribution in [0.2, 0.25) is 0 Å². The zero-order chi connectivity index (χ0) is 12.3. The Hall–Kier alpha value is -1.90. The average Bonchev–Trinajstić information content (AvgIpc) is 2.38. The summed E-state index contributed by atoms with van der Waals surface area (Å²) in [6.45, 7) is 0. The van der Waals surface area contributed by atoms with Crippen LogP contribution in [-0.4, -0.2) is 4.98 Å². The van der Waals surface area contributed by atoms with E-state index in [1.807, 2.05) is 30.3 Å². The number of nitrogen functional groups attached to an aromatic ring is 1. The first kappa shape index (κ1) is 11.6. The summed E-state index contributed by atoms with van der Waals surface area (Å²) in [5.41, 5.74) is 4.55. The fourth-order valence-corrected chi connectivity index (χ4v) is 1.97. The number of benzene rings is 1. The van der Waals surface area contributed by atoms with E-state index in [4.69, 9.17) is 11.1 Å². The van der Waals surface area contributed by atoms with Gasteiger partial charge in [-0.15, -0.1) is 0 Å². The standard InChI is InChI=1S/C12H9BrN4/c13-10-4-2-1-3-9(10)11-6-5-8(7-14)12(16-11)17-15/h1-6H,15H2,(H,16,17). The second-order valence-corrected chi connectivity index (χ2v) is 4.18. The highest BCUT2D eigenvalue weighted by Gasteiger charge is 2.07. The molecule has 0 saturated heterocycles. The zero-order valence-corrected chi connectivity index (χ0v) is 10.4. The fraction of sp³-hybridized carbons (Fsp3) is 0. The zero-order valence-electron chi connectivity index (χ0n) is 8.81. The van der Waals surface area contributed by atoms with Crippen molar-refractivity contribution in [3.05, 3.63) is 46.4 Å². The second kappa shape index (κ2) is 4.95. The number of hydrogen-bond donors (Lipinski definition) is 2. The van der Waals surface area contributed by atoms with Crippen molar-refractivity contribution in [1.29, 1.82) is 5.26 Å². The van der Waals surface area contributed by atoms with E-state index in [0.717, 1.165) is 15.7 Å². The molecule has 1 aromatic heterocycles. The molecule has 0 bridgehead atoms. The molecule has 0 fully saturated rings. The van der Waals surface area contributed by atoms with E-state index in [0.29, 0.717) is 11.4 Å². The first-order valence-electron chi connectivity index (χ1n) is 4.89. The molecule has 84 valence electrons. The van der Waals surface area contributed by atoms with Gasteiger partial charge in [0.25, 0.3) is 0 Å². The molecule has 0 atom stereocenters. The van der Waals surface area contributed by atoms with Gasteiger partial charge in [0.2, 0.25) is 0 Å². The molecular formula is C12H9BrN4. The highest BCUT2D eigenvalue weighted by Crippen LogP contribution is 2.27. The van der Waals surface area contributed by atoms with Crippen LogP contribution in [0.5, 0.6) is 0 Å². The van der Waals surface area contributed by atoms with E-state index < -0.39 is 0 Å². The van der Waals surface area contributed by atoms with Gasteiger partial charge in [0.15, 0.2) is 5.82 Å². The van der Waals surface area contributed by atoms with Crippen molar-refractivity contribution >= 4 is 21.7 Å². The maximum absolute atomic E-state index is 8.87. The predicted molar refractivity (Wildman–Crippen MR) is 69.9 cm³/mol. The van der Waals surface area contributed by atoms with Crippen LogP contribution in [0, 0.1) is 11.3 Å². The molecule has 0 spiro atoms. The number of nitrogens with one attached hydrogen (secondary N) is 1. The van der Waals surface area contributed by atoms with Gasteiger partial charge >= 0.3 is 0 Å². The Morgan fingerprint density at radius 3 is 2.65 bits per heavy atom. The van der Waals surface area contributed by atoms with Gasteiger partial charge in [0.1, 0.15) is 6.07 Å². The lowest BCUT2D eigenvalue weighted by Gasteiger charge is -2.07. The summed E-state index contributed by atoms with van der Waals surface area (Å²) in [5, 5.41) is 8.87. The van der Waals surface area contributed by atoms with Crippen LogP contribution in [0.4, 0.5) is 5.82 Å². The first-order valence-corrected chi connectivity index (χ1v) is 5.68. The average molecular weight is 289 g/mol. The Balaban J connectivity index is 2.55. The number of anilines is 1. The molecule has 0 radical (unpaired) electrons. The molecule has 0 aliphatic heterocycles. The summed E-state index contributed by atoms with van der Waals surface area (Å²) in [7, 11) is 0. The number of rotatable bonds is 2. The van der Waals surface area contributed by atoms with Gasteiger partial charge in [-0.3, -0.25) is 0 Å². The third-order valence-electron chi connectivity index (χ3n) is 2.30. The lowest BCUT2D eigenvalue weighted by Crippen LogP contribution is -2.10. The van der Waals surface area contributed by atoms with Crippen LogP contribution >= 0.6 is 15.9 Å². The number of halogens is 1. The van der Waals surface area contributed by atoms with E-state index in [9.17, 15) is 0 Å². The fourth-order valence-electron chi connectivity index (χ4n) is 1.48. The molecule has 1 aromatic carbocycles. The minimum Gasteiger partial charge on any atom is -0.307 e. The Bertz CT molecular complexity index is 589. The number of aromatic nitrogens is 1. The molecule has 17 heavy (non-hydrogen) atoms. The normalized spacial score (nSPS) is 9.71.